The van der Waals surface area contributed by atoms with E-state index in [1.54, 1.807) is 29.2 Å². The van der Waals surface area contributed by atoms with Crippen molar-refractivity contribution in [2.75, 3.05) is 18.5 Å². The summed E-state index contributed by atoms with van der Waals surface area (Å²) in [5.74, 6) is -0.157. The van der Waals surface area contributed by atoms with E-state index in [0.29, 0.717) is 53.9 Å². The van der Waals surface area contributed by atoms with Gasteiger partial charge in [0.25, 0.3) is 5.56 Å². The quantitative estimate of drug-likeness (QED) is 0.369. The number of aryl methyl sites for hydroxylation is 2. The van der Waals surface area contributed by atoms with Gasteiger partial charge in [-0.25, -0.2) is 9.97 Å². The van der Waals surface area contributed by atoms with Crippen molar-refractivity contribution in [3.05, 3.63) is 63.9 Å². The van der Waals surface area contributed by atoms with Gasteiger partial charge in [-0.05, 0) is 46.2 Å². The smallest absolute Gasteiger partial charge is 0.260 e. The Hall–Kier alpha value is -3.40. The summed E-state index contributed by atoms with van der Waals surface area (Å²) >= 11 is 6.73. The Morgan fingerprint density at radius 2 is 2.00 bits per heavy atom. The van der Waals surface area contributed by atoms with E-state index < -0.39 is 5.79 Å². The number of pyridine rings is 1. The second kappa shape index (κ2) is 10.2. The van der Waals surface area contributed by atoms with Crippen LogP contribution < -0.4 is 10.9 Å². The summed E-state index contributed by atoms with van der Waals surface area (Å²) in [6.45, 7) is 9.19. The minimum atomic E-state index is -0.628. The molecule has 0 radical (unpaired) electrons. The Morgan fingerprint density at radius 1 is 1.16 bits per heavy atom. The molecule has 10 heteroatoms. The lowest BCUT2D eigenvalue weighted by Crippen LogP contribution is -2.27. The van der Waals surface area contributed by atoms with Gasteiger partial charge in [-0.2, -0.15) is 4.98 Å². The van der Waals surface area contributed by atoms with E-state index >= 15 is 0 Å². The van der Waals surface area contributed by atoms with Gasteiger partial charge in [-0.3, -0.25) is 14.3 Å². The van der Waals surface area contributed by atoms with Crippen LogP contribution in [0, 0.1) is 6.92 Å². The van der Waals surface area contributed by atoms with Crippen LogP contribution in [-0.2, 0) is 16.0 Å². The lowest BCUT2D eigenvalue weighted by molar-refractivity contribution is -0.139. The molecule has 0 aliphatic carbocycles. The van der Waals surface area contributed by atoms with E-state index in [2.05, 4.69) is 25.3 Å². The second-order valence-corrected chi connectivity index (χ2v) is 9.90. The SMILES string of the molecule is CCNc1ncc2cc(-c3ccc(-c4cncc(C)n4)cc3Cl)c(=O)n(CCC3COC(C)(C)O3)c2n1. The number of hydrogen-bond acceptors (Lipinski definition) is 8. The fraction of sp³-hybridized carbons (Fsp3) is 0.370. The third-order valence-electron chi connectivity index (χ3n) is 6.21. The summed E-state index contributed by atoms with van der Waals surface area (Å²) in [5.41, 5.74) is 3.83. The number of fused-ring (bicyclic) bond motifs is 1. The number of halogens is 1. The average Bonchev–Trinajstić information content (AvgIpc) is 3.22. The Labute approximate surface area is 219 Å². The van der Waals surface area contributed by atoms with Crippen molar-refractivity contribution in [3.63, 3.8) is 0 Å². The summed E-state index contributed by atoms with van der Waals surface area (Å²) in [4.78, 5) is 31.7. The number of ether oxygens (including phenoxy) is 2. The molecular formula is C27H29ClN6O3. The van der Waals surface area contributed by atoms with Gasteiger partial charge < -0.3 is 14.8 Å². The molecule has 0 spiro atoms. The minimum absolute atomic E-state index is 0.117. The molecule has 4 heterocycles. The molecule has 1 aromatic carbocycles. The van der Waals surface area contributed by atoms with Gasteiger partial charge in [0.1, 0.15) is 5.65 Å². The lowest BCUT2D eigenvalue weighted by Gasteiger charge is -2.18. The minimum Gasteiger partial charge on any atom is -0.354 e. The van der Waals surface area contributed by atoms with Gasteiger partial charge >= 0.3 is 0 Å². The molecule has 0 saturated carbocycles. The third-order valence-corrected chi connectivity index (χ3v) is 6.53. The molecular weight excluding hydrogens is 492 g/mol. The number of nitrogens with zero attached hydrogens (tertiary/aromatic N) is 5. The highest BCUT2D eigenvalue weighted by Gasteiger charge is 2.32. The van der Waals surface area contributed by atoms with Crippen LogP contribution in [0.2, 0.25) is 5.02 Å². The van der Waals surface area contributed by atoms with Crippen LogP contribution in [0.15, 0.2) is 47.7 Å². The first-order chi connectivity index (χ1) is 17.7. The van der Waals surface area contributed by atoms with Crippen molar-refractivity contribution in [2.45, 2.75) is 52.6 Å². The molecule has 1 N–H and O–H groups in total. The van der Waals surface area contributed by atoms with E-state index in [0.717, 1.165) is 22.3 Å². The van der Waals surface area contributed by atoms with Crippen LogP contribution in [-0.4, -0.2) is 49.5 Å². The van der Waals surface area contributed by atoms with E-state index in [1.807, 2.05) is 45.9 Å². The predicted octanol–water partition coefficient (Wildman–Crippen LogP) is 4.85. The van der Waals surface area contributed by atoms with E-state index in [1.165, 1.54) is 0 Å². The summed E-state index contributed by atoms with van der Waals surface area (Å²) < 4.78 is 13.3. The molecule has 1 fully saturated rings. The largest absolute Gasteiger partial charge is 0.354 e. The molecule has 1 unspecified atom stereocenters. The Kier molecular flexibility index (Phi) is 6.94. The molecule has 37 heavy (non-hydrogen) atoms. The first kappa shape index (κ1) is 25.3. The number of anilines is 1. The summed E-state index contributed by atoms with van der Waals surface area (Å²) in [6, 6.07) is 7.36. The molecule has 3 aromatic heterocycles. The van der Waals surface area contributed by atoms with Crippen LogP contribution in [0.3, 0.4) is 0 Å². The van der Waals surface area contributed by atoms with Gasteiger partial charge in [-0.15, -0.1) is 0 Å². The van der Waals surface area contributed by atoms with Crippen LogP contribution in [0.5, 0.6) is 0 Å². The zero-order valence-corrected chi connectivity index (χ0v) is 22.0. The zero-order chi connectivity index (χ0) is 26.2. The molecule has 0 amide bonds. The first-order valence-electron chi connectivity index (χ1n) is 12.3. The van der Waals surface area contributed by atoms with Gasteiger partial charge in [-0.1, -0.05) is 23.7 Å². The highest BCUT2D eigenvalue weighted by Crippen LogP contribution is 2.32. The molecule has 1 atom stereocenters. The van der Waals surface area contributed by atoms with E-state index in [-0.39, 0.29) is 11.7 Å². The fourth-order valence-electron chi connectivity index (χ4n) is 4.48. The molecule has 9 nitrogen and oxygen atoms in total. The number of benzene rings is 1. The molecule has 1 saturated heterocycles. The summed E-state index contributed by atoms with van der Waals surface area (Å²) in [6.07, 6.45) is 5.60. The first-order valence-corrected chi connectivity index (χ1v) is 12.7. The average molecular weight is 521 g/mol. The Bertz CT molecular complexity index is 1520. The van der Waals surface area contributed by atoms with Crippen molar-refractivity contribution in [1.29, 1.82) is 0 Å². The fourth-order valence-corrected chi connectivity index (χ4v) is 4.76. The zero-order valence-electron chi connectivity index (χ0n) is 21.3. The maximum absolute atomic E-state index is 13.9. The van der Waals surface area contributed by atoms with Crippen LogP contribution in [0.4, 0.5) is 5.95 Å². The molecule has 1 aliphatic rings. The number of aromatic nitrogens is 5. The van der Waals surface area contributed by atoms with Crippen LogP contribution >= 0.6 is 11.6 Å². The number of nitrogens with one attached hydrogen (secondary N) is 1. The molecule has 5 rings (SSSR count). The van der Waals surface area contributed by atoms with Crippen LogP contribution in [0.25, 0.3) is 33.4 Å². The number of hydrogen-bond donors (Lipinski definition) is 1. The van der Waals surface area contributed by atoms with Crippen molar-refractivity contribution < 1.29 is 9.47 Å². The standard InChI is InChI=1S/C27H29ClN6O3/c1-5-30-26-31-13-18-10-21(20-7-6-17(11-22(20)28)23-14-29-12-16(2)32-23)25(35)34(24(18)33-26)9-8-19-15-36-27(3,4)37-19/h6-7,10-14,19H,5,8-9,15H2,1-4H3,(H,30,31,33). The monoisotopic (exact) mass is 520 g/mol. The maximum atomic E-state index is 13.9. The van der Waals surface area contributed by atoms with Crippen molar-refractivity contribution >= 4 is 28.6 Å². The predicted molar refractivity (Wildman–Crippen MR) is 144 cm³/mol. The molecule has 0 bridgehead atoms. The Morgan fingerprint density at radius 3 is 2.70 bits per heavy atom. The molecule has 1 aliphatic heterocycles. The van der Waals surface area contributed by atoms with E-state index in [4.69, 9.17) is 21.1 Å². The van der Waals surface area contributed by atoms with Crippen molar-refractivity contribution in [3.8, 4) is 22.4 Å². The molecule has 192 valence electrons. The highest BCUT2D eigenvalue weighted by molar-refractivity contribution is 6.33. The molecule has 4 aromatic rings. The third kappa shape index (κ3) is 5.34. The van der Waals surface area contributed by atoms with Gasteiger partial charge in [0.15, 0.2) is 5.79 Å². The van der Waals surface area contributed by atoms with Crippen molar-refractivity contribution in [2.24, 2.45) is 0 Å². The van der Waals surface area contributed by atoms with Gasteiger partial charge in [0.05, 0.1) is 30.3 Å². The van der Waals surface area contributed by atoms with Gasteiger partial charge in [0.2, 0.25) is 5.95 Å². The summed E-state index contributed by atoms with van der Waals surface area (Å²) in [5, 5.41) is 4.31. The van der Waals surface area contributed by atoms with Crippen molar-refractivity contribution in [1.82, 2.24) is 24.5 Å². The lowest BCUT2D eigenvalue weighted by atomic mass is 10.0. The Balaban J connectivity index is 1.57. The van der Waals surface area contributed by atoms with E-state index in [9.17, 15) is 4.79 Å². The topological polar surface area (TPSA) is 104 Å². The highest BCUT2D eigenvalue weighted by atomic mass is 35.5. The second-order valence-electron chi connectivity index (χ2n) is 9.50. The summed E-state index contributed by atoms with van der Waals surface area (Å²) in [7, 11) is 0. The van der Waals surface area contributed by atoms with Gasteiger partial charge in [0, 0.05) is 52.6 Å². The normalized spacial score (nSPS) is 16.8. The number of rotatable bonds is 7. The van der Waals surface area contributed by atoms with Crippen LogP contribution in [0.1, 0.15) is 32.9 Å². The maximum Gasteiger partial charge on any atom is 0.260 e.